The largest absolute Gasteiger partial charge is 0.496 e. The molecule has 0 amide bonds. The minimum Gasteiger partial charge on any atom is -0.496 e. The summed E-state index contributed by atoms with van der Waals surface area (Å²) in [7, 11) is 6.73. The van der Waals surface area contributed by atoms with Crippen LogP contribution in [0.2, 0.25) is 0 Å². The molecular formula is C18H28N2O2. The van der Waals surface area contributed by atoms with Gasteiger partial charge < -0.3 is 14.7 Å². The molecule has 1 heterocycles. The van der Waals surface area contributed by atoms with E-state index in [-0.39, 0.29) is 0 Å². The van der Waals surface area contributed by atoms with E-state index in [1.54, 1.807) is 7.11 Å². The number of anilines is 1. The molecule has 1 aromatic carbocycles. The first-order valence-electron chi connectivity index (χ1n) is 7.24. The Hall–Kier alpha value is -2.07. The van der Waals surface area contributed by atoms with E-state index in [1.165, 1.54) is 11.1 Å². The Morgan fingerprint density at radius 2 is 1.68 bits per heavy atom. The van der Waals surface area contributed by atoms with Gasteiger partial charge in [0, 0.05) is 45.4 Å². The molecule has 4 heteroatoms. The van der Waals surface area contributed by atoms with Gasteiger partial charge in [0.15, 0.2) is 0 Å². The van der Waals surface area contributed by atoms with E-state index in [0.29, 0.717) is 0 Å². The molecule has 0 saturated heterocycles. The maximum Gasteiger partial charge on any atom is 0.123 e. The Bertz CT molecular complexity index is 514. The van der Waals surface area contributed by atoms with Crippen LogP contribution in [0.5, 0.6) is 5.75 Å². The van der Waals surface area contributed by atoms with Crippen molar-refractivity contribution in [3.05, 3.63) is 53.9 Å². The molecule has 2 aromatic rings. The molecule has 1 N–H and O–H groups in total. The maximum absolute atomic E-state index is 7.00. The first-order chi connectivity index (χ1) is 10.6. The first-order valence-corrected chi connectivity index (χ1v) is 7.24. The lowest BCUT2D eigenvalue weighted by Crippen LogP contribution is -2.08. The zero-order chi connectivity index (χ0) is 17.0. The van der Waals surface area contributed by atoms with E-state index < -0.39 is 0 Å². The Kier molecular flexibility index (Phi) is 10.5. The fraction of sp³-hybridized carbons (Fsp3) is 0.389. The van der Waals surface area contributed by atoms with Crippen LogP contribution >= 0.6 is 0 Å². The number of hydrogen-bond acceptors (Lipinski definition) is 4. The Morgan fingerprint density at radius 3 is 2.09 bits per heavy atom. The molecule has 0 aliphatic carbocycles. The Morgan fingerprint density at radius 1 is 1.09 bits per heavy atom. The van der Waals surface area contributed by atoms with Crippen molar-refractivity contribution in [1.29, 1.82) is 0 Å². The lowest BCUT2D eigenvalue weighted by Gasteiger charge is -2.14. The number of pyridine rings is 1. The van der Waals surface area contributed by atoms with Crippen LogP contribution in [0.15, 0.2) is 42.7 Å². The predicted molar refractivity (Wildman–Crippen MR) is 93.8 cm³/mol. The summed E-state index contributed by atoms with van der Waals surface area (Å²) in [6, 6.07) is 10.2. The van der Waals surface area contributed by atoms with E-state index in [9.17, 15) is 0 Å². The van der Waals surface area contributed by atoms with Crippen LogP contribution in [0.4, 0.5) is 5.69 Å². The van der Waals surface area contributed by atoms with Crippen molar-refractivity contribution in [2.24, 2.45) is 0 Å². The van der Waals surface area contributed by atoms with Crippen LogP contribution < -0.4 is 9.64 Å². The highest BCUT2D eigenvalue weighted by atomic mass is 16.5. The van der Waals surface area contributed by atoms with Gasteiger partial charge in [0.2, 0.25) is 0 Å². The number of aryl methyl sites for hydroxylation is 2. The van der Waals surface area contributed by atoms with Crippen molar-refractivity contribution in [1.82, 2.24) is 4.98 Å². The van der Waals surface area contributed by atoms with Crippen LogP contribution in [0, 0.1) is 6.92 Å². The van der Waals surface area contributed by atoms with Crippen molar-refractivity contribution < 1.29 is 9.84 Å². The Balaban J connectivity index is 0.000000382. The van der Waals surface area contributed by atoms with E-state index in [4.69, 9.17) is 9.84 Å². The molecule has 0 spiro atoms. The normalized spacial score (nSPS) is 8.86. The van der Waals surface area contributed by atoms with Gasteiger partial charge in [0.1, 0.15) is 5.75 Å². The van der Waals surface area contributed by atoms with Crippen molar-refractivity contribution >= 4 is 5.69 Å². The molecule has 0 atom stereocenters. The molecule has 0 radical (unpaired) electrons. The van der Waals surface area contributed by atoms with Gasteiger partial charge in [-0.2, -0.15) is 0 Å². The summed E-state index contributed by atoms with van der Waals surface area (Å²) in [5.74, 6) is 0.946. The summed E-state index contributed by atoms with van der Waals surface area (Å²) < 4.78 is 5.21. The summed E-state index contributed by atoms with van der Waals surface area (Å²) in [5, 5.41) is 7.00. The van der Waals surface area contributed by atoms with Gasteiger partial charge in [-0.25, -0.2) is 0 Å². The van der Waals surface area contributed by atoms with Crippen LogP contribution in [-0.2, 0) is 6.42 Å². The summed E-state index contributed by atoms with van der Waals surface area (Å²) >= 11 is 0. The van der Waals surface area contributed by atoms with Gasteiger partial charge in [-0.1, -0.05) is 13.0 Å². The number of rotatable bonds is 3. The van der Waals surface area contributed by atoms with E-state index in [0.717, 1.165) is 25.0 Å². The van der Waals surface area contributed by atoms with Gasteiger partial charge in [-0.15, -0.1) is 0 Å². The van der Waals surface area contributed by atoms with Gasteiger partial charge in [-0.3, -0.25) is 4.98 Å². The fourth-order valence-electron chi connectivity index (χ4n) is 1.71. The van der Waals surface area contributed by atoms with E-state index in [1.807, 2.05) is 51.6 Å². The number of aromatic nitrogens is 1. The molecule has 0 bridgehead atoms. The van der Waals surface area contributed by atoms with Gasteiger partial charge in [0.25, 0.3) is 0 Å². The first kappa shape index (κ1) is 19.9. The third kappa shape index (κ3) is 7.09. The van der Waals surface area contributed by atoms with Gasteiger partial charge in [-0.05, 0) is 42.7 Å². The zero-order valence-electron chi connectivity index (χ0n) is 14.5. The second kappa shape index (κ2) is 11.6. The third-order valence-corrected chi connectivity index (χ3v) is 3.07. The minimum atomic E-state index is 0.946. The highest BCUT2D eigenvalue weighted by Crippen LogP contribution is 2.23. The molecule has 2 rings (SSSR count). The molecule has 122 valence electrons. The third-order valence-electron chi connectivity index (χ3n) is 3.07. The number of ether oxygens (including phenoxy) is 1. The highest BCUT2D eigenvalue weighted by Gasteiger charge is 2.00. The second-order valence-corrected chi connectivity index (χ2v) is 4.76. The monoisotopic (exact) mass is 304 g/mol. The minimum absolute atomic E-state index is 0.946. The molecular weight excluding hydrogens is 276 g/mol. The molecule has 0 aliphatic rings. The average Bonchev–Trinajstić information content (AvgIpc) is 2.58. The predicted octanol–water partition coefficient (Wildman–Crippen LogP) is 3.32. The smallest absolute Gasteiger partial charge is 0.123 e. The zero-order valence-corrected chi connectivity index (χ0v) is 14.5. The fourth-order valence-corrected chi connectivity index (χ4v) is 1.71. The molecule has 0 unspecified atom stereocenters. The van der Waals surface area contributed by atoms with Crippen LogP contribution in [0.25, 0.3) is 0 Å². The van der Waals surface area contributed by atoms with Crippen molar-refractivity contribution in [3.63, 3.8) is 0 Å². The molecule has 0 saturated carbocycles. The number of aliphatic hydroxyl groups is 1. The molecule has 0 fully saturated rings. The van der Waals surface area contributed by atoms with Crippen molar-refractivity contribution in [2.75, 3.05) is 33.2 Å². The standard InChI is InChI=1S/C10H15NO.C7H9N.CH4O/c1-8-5-6-9(11(2)3)7-10(8)12-4;1-2-7-3-5-8-6-4-7;1-2/h5-7H,1-4H3;3-6H,2H2,1H3;2H,1H3. The lowest BCUT2D eigenvalue weighted by molar-refractivity contribution is 0.399. The van der Waals surface area contributed by atoms with Crippen LogP contribution in [0.1, 0.15) is 18.1 Å². The summed E-state index contributed by atoms with van der Waals surface area (Å²) in [5.41, 5.74) is 3.68. The van der Waals surface area contributed by atoms with E-state index in [2.05, 4.69) is 28.9 Å². The summed E-state index contributed by atoms with van der Waals surface area (Å²) in [6.07, 6.45) is 4.74. The van der Waals surface area contributed by atoms with Gasteiger partial charge >= 0.3 is 0 Å². The number of nitrogens with zero attached hydrogens (tertiary/aromatic N) is 2. The maximum atomic E-state index is 7.00. The summed E-state index contributed by atoms with van der Waals surface area (Å²) in [4.78, 5) is 5.95. The number of hydrogen-bond donors (Lipinski definition) is 1. The Labute approximate surface area is 134 Å². The number of methoxy groups -OCH3 is 1. The van der Waals surface area contributed by atoms with Gasteiger partial charge in [0.05, 0.1) is 7.11 Å². The second-order valence-electron chi connectivity index (χ2n) is 4.76. The number of benzene rings is 1. The summed E-state index contributed by atoms with van der Waals surface area (Å²) in [6.45, 7) is 4.17. The molecule has 22 heavy (non-hydrogen) atoms. The highest BCUT2D eigenvalue weighted by molar-refractivity contribution is 5.52. The molecule has 4 nitrogen and oxygen atoms in total. The average molecular weight is 304 g/mol. The molecule has 1 aromatic heterocycles. The lowest BCUT2D eigenvalue weighted by atomic mass is 10.2. The molecule has 0 aliphatic heterocycles. The van der Waals surface area contributed by atoms with Crippen LogP contribution in [0.3, 0.4) is 0 Å². The van der Waals surface area contributed by atoms with Crippen LogP contribution in [-0.4, -0.2) is 38.4 Å². The quantitative estimate of drug-likeness (QED) is 0.945. The van der Waals surface area contributed by atoms with Crippen molar-refractivity contribution in [3.8, 4) is 5.75 Å². The number of aliphatic hydroxyl groups excluding tert-OH is 1. The van der Waals surface area contributed by atoms with Crippen molar-refractivity contribution in [2.45, 2.75) is 20.3 Å². The topological polar surface area (TPSA) is 45.6 Å². The SMILES string of the molecule is CCc1ccncc1.CO.COc1cc(N(C)C)ccc1C. The van der Waals surface area contributed by atoms with E-state index >= 15 is 0 Å².